The van der Waals surface area contributed by atoms with Gasteiger partial charge >= 0.3 is 6.09 Å². The maximum absolute atomic E-state index is 12.3. The molecule has 2 amide bonds. The first kappa shape index (κ1) is 15.8. The Labute approximate surface area is 114 Å². The fourth-order valence-corrected chi connectivity index (χ4v) is 1.89. The Morgan fingerprint density at radius 3 is 2.37 bits per heavy atom. The second-order valence-corrected chi connectivity index (χ2v) is 5.68. The molecule has 1 aliphatic heterocycles. The van der Waals surface area contributed by atoms with E-state index in [9.17, 15) is 9.59 Å². The molecule has 6 heteroatoms. The Bertz CT molecular complexity index is 320. The molecule has 1 heterocycles. The van der Waals surface area contributed by atoms with Crippen molar-refractivity contribution in [1.82, 2.24) is 15.5 Å². The van der Waals surface area contributed by atoms with Crippen molar-refractivity contribution in [3.8, 4) is 0 Å². The van der Waals surface area contributed by atoms with Crippen LogP contribution in [0, 0.1) is 0 Å². The van der Waals surface area contributed by atoms with Gasteiger partial charge in [0.05, 0.1) is 0 Å². The molecule has 1 saturated heterocycles. The zero-order chi connectivity index (χ0) is 14.5. The summed E-state index contributed by atoms with van der Waals surface area (Å²) in [5, 5.41) is 5.84. The van der Waals surface area contributed by atoms with E-state index in [1.807, 2.05) is 6.92 Å². The summed E-state index contributed by atoms with van der Waals surface area (Å²) in [6.45, 7) is 10.2. The molecule has 1 atom stereocenters. The van der Waals surface area contributed by atoms with Gasteiger partial charge in [-0.05, 0) is 27.2 Å². The van der Waals surface area contributed by atoms with Gasteiger partial charge in [-0.25, -0.2) is 4.79 Å². The van der Waals surface area contributed by atoms with Crippen LogP contribution in [0.2, 0.25) is 0 Å². The van der Waals surface area contributed by atoms with Crippen molar-refractivity contribution in [2.24, 2.45) is 0 Å². The minimum atomic E-state index is -0.555. The molecule has 110 valence electrons. The van der Waals surface area contributed by atoms with Crippen LogP contribution in [0.3, 0.4) is 0 Å². The SMILES string of the molecule is CCC(NC(=O)OC(C)(C)C)C(=O)N1CCNCC1. The fraction of sp³-hybridized carbons (Fsp3) is 0.846. The van der Waals surface area contributed by atoms with Crippen LogP contribution in [0.25, 0.3) is 0 Å². The summed E-state index contributed by atoms with van der Waals surface area (Å²) in [4.78, 5) is 25.7. The van der Waals surface area contributed by atoms with Gasteiger partial charge in [0.2, 0.25) is 5.91 Å². The molecular weight excluding hydrogens is 246 g/mol. The molecule has 6 nitrogen and oxygen atoms in total. The number of rotatable bonds is 3. The van der Waals surface area contributed by atoms with Crippen LogP contribution in [0.5, 0.6) is 0 Å². The highest BCUT2D eigenvalue weighted by atomic mass is 16.6. The number of alkyl carbamates (subject to hydrolysis) is 1. The molecule has 1 unspecified atom stereocenters. The van der Waals surface area contributed by atoms with Crippen molar-refractivity contribution >= 4 is 12.0 Å². The predicted octanol–water partition coefficient (Wildman–Crippen LogP) is 0.722. The average Bonchev–Trinajstić information content (AvgIpc) is 2.34. The van der Waals surface area contributed by atoms with E-state index in [4.69, 9.17) is 4.74 Å². The third kappa shape index (κ3) is 5.46. The molecule has 0 aromatic rings. The summed E-state index contributed by atoms with van der Waals surface area (Å²) < 4.78 is 5.17. The fourth-order valence-electron chi connectivity index (χ4n) is 1.89. The van der Waals surface area contributed by atoms with Gasteiger partial charge in [-0.2, -0.15) is 0 Å². The highest BCUT2D eigenvalue weighted by molar-refractivity contribution is 5.85. The lowest BCUT2D eigenvalue weighted by Gasteiger charge is -2.31. The van der Waals surface area contributed by atoms with Gasteiger partial charge in [0.25, 0.3) is 0 Å². The molecule has 1 aliphatic rings. The van der Waals surface area contributed by atoms with Gasteiger partial charge in [-0.3, -0.25) is 4.79 Å². The monoisotopic (exact) mass is 271 g/mol. The zero-order valence-corrected chi connectivity index (χ0v) is 12.3. The van der Waals surface area contributed by atoms with E-state index in [0.717, 1.165) is 13.1 Å². The number of carbonyl (C=O) groups excluding carboxylic acids is 2. The number of carbonyl (C=O) groups is 2. The summed E-state index contributed by atoms with van der Waals surface area (Å²) in [6.07, 6.45) is 0.0185. The van der Waals surface area contributed by atoms with E-state index in [1.165, 1.54) is 0 Å². The van der Waals surface area contributed by atoms with Crippen LogP contribution in [0.15, 0.2) is 0 Å². The van der Waals surface area contributed by atoms with Crippen LogP contribution in [0.1, 0.15) is 34.1 Å². The lowest BCUT2D eigenvalue weighted by Crippen LogP contribution is -2.54. The van der Waals surface area contributed by atoms with E-state index >= 15 is 0 Å². The molecule has 0 aromatic carbocycles. The third-order valence-corrected chi connectivity index (χ3v) is 2.83. The molecule has 0 spiro atoms. The predicted molar refractivity (Wildman–Crippen MR) is 72.9 cm³/mol. The lowest BCUT2D eigenvalue weighted by molar-refractivity contribution is -0.134. The number of ether oxygens (including phenoxy) is 1. The van der Waals surface area contributed by atoms with E-state index in [2.05, 4.69) is 10.6 Å². The topological polar surface area (TPSA) is 70.7 Å². The van der Waals surface area contributed by atoms with Gasteiger partial charge in [-0.1, -0.05) is 6.92 Å². The third-order valence-electron chi connectivity index (χ3n) is 2.83. The maximum atomic E-state index is 12.3. The molecule has 1 rings (SSSR count). The van der Waals surface area contributed by atoms with E-state index in [1.54, 1.807) is 25.7 Å². The number of amides is 2. The van der Waals surface area contributed by atoms with E-state index in [-0.39, 0.29) is 5.91 Å². The van der Waals surface area contributed by atoms with Crippen molar-refractivity contribution in [2.75, 3.05) is 26.2 Å². The van der Waals surface area contributed by atoms with Crippen molar-refractivity contribution in [3.05, 3.63) is 0 Å². The second-order valence-electron chi connectivity index (χ2n) is 5.68. The Morgan fingerprint density at radius 1 is 1.32 bits per heavy atom. The summed E-state index contributed by atoms with van der Waals surface area (Å²) >= 11 is 0. The summed E-state index contributed by atoms with van der Waals surface area (Å²) in [6, 6.07) is -0.507. The molecule has 2 N–H and O–H groups in total. The summed E-state index contributed by atoms with van der Waals surface area (Å²) in [5.41, 5.74) is -0.555. The van der Waals surface area contributed by atoms with Gasteiger partial charge in [0.15, 0.2) is 0 Å². The van der Waals surface area contributed by atoms with Crippen LogP contribution in [0.4, 0.5) is 4.79 Å². The highest BCUT2D eigenvalue weighted by Gasteiger charge is 2.27. The lowest BCUT2D eigenvalue weighted by atomic mass is 10.2. The minimum Gasteiger partial charge on any atom is -0.444 e. The second kappa shape index (κ2) is 6.75. The molecule has 0 saturated carbocycles. The first-order chi connectivity index (χ1) is 8.83. The normalized spacial score (nSPS) is 17.8. The maximum Gasteiger partial charge on any atom is 0.408 e. The smallest absolute Gasteiger partial charge is 0.408 e. The Hall–Kier alpha value is -1.30. The van der Waals surface area contributed by atoms with Gasteiger partial charge in [0.1, 0.15) is 11.6 Å². The summed E-state index contributed by atoms with van der Waals surface area (Å²) in [7, 11) is 0. The van der Waals surface area contributed by atoms with Crippen molar-refractivity contribution < 1.29 is 14.3 Å². The zero-order valence-electron chi connectivity index (χ0n) is 12.3. The van der Waals surface area contributed by atoms with E-state index in [0.29, 0.717) is 19.5 Å². The molecule has 19 heavy (non-hydrogen) atoms. The number of nitrogens with zero attached hydrogens (tertiary/aromatic N) is 1. The first-order valence-corrected chi connectivity index (χ1v) is 6.82. The largest absolute Gasteiger partial charge is 0.444 e. The number of piperazine rings is 1. The summed E-state index contributed by atoms with van der Waals surface area (Å²) in [5.74, 6) is -0.0325. The Morgan fingerprint density at radius 2 is 1.89 bits per heavy atom. The standard InChI is InChI=1S/C13H25N3O3/c1-5-10(15-12(18)19-13(2,3)4)11(17)16-8-6-14-7-9-16/h10,14H,5-9H2,1-4H3,(H,15,18). The Kier molecular flexibility index (Phi) is 5.60. The molecule has 0 bridgehead atoms. The average molecular weight is 271 g/mol. The molecule has 0 radical (unpaired) electrons. The van der Waals surface area contributed by atoms with Crippen LogP contribution in [-0.4, -0.2) is 54.7 Å². The number of nitrogens with one attached hydrogen (secondary N) is 2. The quantitative estimate of drug-likeness (QED) is 0.793. The van der Waals surface area contributed by atoms with Crippen LogP contribution >= 0.6 is 0 Å². The minimum absolute atomic E-state index is 0.0325. The van der Waals surface area contributed by atoms with Crippen LogP contribution in [-0.2, 0) is 9.53 Å². The molecular formula is C13H25N3O3. The molecule has 1 fully saturated rings. The van der Waals surface area contributed by atoms with Crippen LogP contribution < -0.4 is 10.6 Å². The van der Waals surface area contributed by atoms with E-state index < -0.39 is 17.7 Å². The highest BCUT2D eigenvalue weighted by Crippen LogP contribution is 2.08. The van der Waals surface area contributed by atoms with Gasteiger partial charge in [-0.15, -0.1) is 0 Å². The van der Waals surface area contributed by atoms with Crippen molar-refractivity contribution in [1.29, 1.82) is 0 Å². The van der Waals surface area contributed by atoms with Crippen molar-refractivity contribution in [3.63, 3.8) is 0 Å². The molecule has 0 aromatic heterocycles. The number of hydrogen-bond donors (Lipinski definition) is 2. The van der Waals surface area contributed by atoms with Crippen molar-refractivity contribution in [2.45, 2.75) is 45.8 Å². The number of hydrogen-bond acceptors (Lipinski definition) is 4. The Balaban J connectivity index is 2.52. The van der Waals surface area contributed by atoms with Gasteiger partial charge in [0, 0.05) is 26.2 Å². The molecule has 0 aliphatic carbocycles. The first-order valence-electron chi connectivity index (χ1n) is 6.82. The van der Waals surface area contributed by atoms with Gasteiger partial charge < -0.3 is 20.3 Å².